The van der Waals surface area contributed by atoms with E-state index >= 15 is 0 Å². The molecule has 0 aromatic rings. The minimum absolute atomic E-state index is 0. The Balaban J connectivity index is 0.00000192. The van der Waals surface area contributed by atoms with Gasteiger partial charge in [0.2, 0.25) is 0 Å². The van der Waals surface area contributed by atoms with E-state index in [-0.39, 0.29) is 68.6 Å². The number of carboxylic acid groups (broad SMARTS) is 1. The summed E-state index contributed by atoms with van der Waals surface area (Å²) in [5.74, 6) is 2.56. The standard InChI is InChI=1S/C23H32O4.K/c1-21-7-3-13(24)11-18(21)14-12-15(14)20-16(21)4-8-22(2)17(20)5-9-23(22,27)10-6-19(25)26;/h11,14-17,20,27H,3-10,12H2,1-2H3,(H,25,26);/t14-,15+,16+,17+,20-,21-,22+,23-;/m1./s1. The van der Waals surface area contributed by atoms with Crippen molar-refractivity contribution in [1.29, 1.82) is 0 Å². The Morgan fingerprint density at radius 3 is 2.61 bits per heavy atom. The van der Waals surface area contributed by atoms with Crippen LogP contribution in [-0.4, -0.2) is 79.0 Å². The van der Waals surface area contributed by atoms with Gasteiger partial charge in [0.05, 0.1) is 5.60 Å². The van der Waals surface area contributed by atoms with E-state index < -0.39 is 11.6 Å². The first-order valence-corrected chi connectivity index (χ1v) is 10.9. The van der Waals surface area contributed by atoms with Crippen LogP contribution in [0.4, 0.5) is 0 Å². The van der Waals surface area contributed by atoms with Gasteiger partial charge in [0.1, 0.15) is 0 Å². The van der Waals surface area contributed by atoms with Crippen molar-refractivity contribution in [3.8, 4) is 0 Å². The van der Waals surface area contributed by atoms with Gasteiger partial charge in [0.25, 0.3) is 0 Å². The molecule has 0 aromatic carbocycles. The van der Waals surface area contributed by atoms with Crippen LogP contribution in [-0.2, 0) is 9.59 Å². The van der Waals surface area contributed by atoms with Crippen LogP contribution in [0.5, 0.6) is 0 Å². The van der Waals surface area contributed by atoms with Crippen molar-refractivity contribution in [2.24, 2.45) is 40.4 Å². The fraction of sp³-hybridized carbons (Fsp3) is 0.826. The molecule has 0 heterocycles. The molecule has 2 N–H and O–H groups in total. The van der Waals surface area contributed by atoms with Gasteiger partial charge in [-0.15, -0.1) is 0 Å². The summed E-state index contributed by atoms with van der Waals surface area (Å²) < 4.78 is 0. The quantitative estimate of drug-likeness (QED) is 0.696. The molecule has 28 heavy (non-hydrogen) atoms. The van der Waals surface area contributed by atoms with Crippen LogP contribution >= 0.6 is 0 Å². The van der Waals surface area contributed by atoms with E-state index in [0.717, 1.165) is 32.1 Å². The maximum atomic E-state index is 12.1. The third-order valence-corrected chi connectivity index (χ3v) is 9.83. The molecule has 4 fully saturated rings. The van der Waals surface area contributed by atoms with Crippen LogP contribution in [0.2, 0.25) is 0 Å². The average Bonchev–Trinajstić information content (AvgIpc) is 3.35. The average molecular weight is 412 g/mol. The topological polar surface area (TPSA) is 74.6 Å². The van der Waals surface area contributed by atoms with Gasteiger partial charge in [-0.25, -0.2) is 0 Å². The summed E-state index contributed by atoms with van der Waals surface area (Å²) >= 11 is 0. The number of aliphatic hydroxyl groups is 1. The second kappa shape index (κ2) is 6.99. The Kier molecular flexibility index (Phi) is 5.42. The molecule has 0 aromatic heterocycles. The van der Waals surface area contributed by atoms with Gasteiger partial charge in [-0.05, 0) is 91.4 Å². The van der Waals surface area contributed by atoms with Crippen LogP contribution in [0.3, 0.4) is 0 Å². The zero-order chi connectivity index (χ0) is 19.2. The van der Waals surface area contributed by atoms with Crippen LogP contribution < -0.4 is 0 Å². The largest absolute Gasteiger partial charge is 0.481 e. The van der Waals surface area contributed by atoms with E-state index in [9.17, 15) is 14.7 Å². The smallest absolute Gasteiger partial charge is 0.303 e. The van der Waals surface area contributed by atoms with E-state index in [1.54, 1.807) is 0 Å². The van der Waals surface area contributed by atoms with Gasteiger partial charge in [0.15, 0.2) is 5.78 Å². The zero-order valence-electron chi connectivity index (χ0n) is 17.5. The number of carboxylic acids is 1. The summed E-state index contributed by atoms with van der Waals surface area (Å²) in [6, 6.07) is 0. The molecule has 0 saturated heterocycles. The molecule has 4 saturated carbocycles. The van der Waals surface area contributed by atoms with Crippen molar-refractivity contribution in [1.82, 2.24) is 0 Å². The third-order valence-electron chi connectivity index (χ3n) is 9.83. The van der Waals surface area contributed by atoms with Crippen LogP contribution in [0.15, 0.2) is 11.6 Å². The molecule has 5 aliphatic rings. The molecule has 1 radical (unpaired) electrons. The van der Waals surface area contributed by atoms with Crippen molar-refractivity contribution in [2.75, 3.05) is 0 Å². The zero-order valence-corrected chi connectivity index (χ0v) is 20.7. The SMILES string of the molecule is C[C@]12CCC(=O)C=C1[C@@H]1C[C@@H]1[C@@H]1[C@@H]2CC[C@@]2(C)[C@H]1CC[C@@]2(O)CCC(=O)O.[K]. The molecule has 5 aliphatic carbocycles. The Bertz CT molecular complexity index is 747. The van der Waals surface area contributed by atoms with Gasteiger partial charge in [-0.1, -0.05) is 19.4 Å². The Morgan fingerprint density at radius 2 is 1.89 bits per heavy atom. The number of carbonyl (C=O) groups excluding carboxylic acids is 1. The molecule has 149 valence electrons. The summed E-state index contributed by atoms with van der Waals surface area (Å²) in [5.41, 5.74) is 0.635. The van der Waals surface area contributed by atoms with Crippen LogP contribution in [0, 0.1) is 40.4 Å². The summed E-state index contributed by atoms with van der Waals surface area (Å²) in [5, 5.41) is 20.6. The predicted octanol–water partition coefficient (Wildman–Crippen LogP) is 3.59. The Labute approximate surface area is 210 Å². The van der Waals surface area contributed by atoms with E-state index in [1.165, 1.54) is 12.0 Å². The minimum Gasteiger partial charge on any atom is -0.481 e. The number of hydrogen-bond acceptors (Lipinski definition) is 3. The first-order chi connectivity index (χ1) is 12.7. The van der Waals surface area contributed by atoms with Crippen molar-refractivity contribution in [2.45, 2.75) is 77.2 Å². The Hall–Kier alpha value is 0.476. The molecule has 0 amide bonds. The van der Waals surface area contributed by atoms with Crippen LogP contribution in [0.1, 0.15) is 71.6 Å². The van der Waals surface area contributed by atoms with Crippen molar-refractivity contribution in [3.63, 3.8) is 0 Å². The predicted molar refractivity (Wildman–Crippen MR) is 107 cm³/mol. The monoisotopic (exact) mass is 411 g/mol. The first-order valence-electron chi connectivity index (χ1n) is 10.9. The molecule has 4 nitrogen and oxygen atoms in total. The number of carbonyl (C=O) groups is 2. The molecule has 0 spiro atoms. The van der Waals surface area contributed by atoms with E-state index in [1.807, 2.05) is 6.08 Å². The Morgan fingerprint density at radius 1 is 1.18 bits per heavy atom. The van der Waals surface area contributed by atoms with E-state index in [0.29, 0.717) is 48.2 Å². The maximum Gasteiger partial charge on any atom is 0.303 e. The van der Waals surface area contributed by atoms with Gasteiger partial charge in [-0.3, -0.25) is 9.59 Å². The van der Waals surface area contributed by atoms with Gasteiger partial charge in [0, 0.05) is 64.2 Å². The summed E-state index contributed by atoms with van der Waals surface area (Å²) in [7, 11) is 0. The first kappa shape index (κ1) is 21.7. The number of allylic oxidation sites excluding steroid dienone is 1. The fourth-order valence-electron chi connectivity index (χ4n) is 8.24. The number of hydrogen-bond donors (Lipinski definition) is 2. The molecule has 0 unspecified atom stereocenters. The molecular weight excluding hydrogens is 379 g/mol. The summed E-state index contributed by atoms with van der Waals surface area (Å²) in [4.78, 5) is 23.2. The molecule has 5 rings (SSSR count). The molecule has 5 heteroatoms. The number of fused-ring (bicyclic) bond motifs is 8. The second-order valence-corrected chi connectivity index (χ2v) is 10.7. The van der Waals surface area contributed by atoms with Crippen molar-refractivity contribution >= 4 is 63.1 Å². The van der Waals surface area contributed by atoms with Crippen LogP contribution in [0.25, 0.3) is 0 Å². The second-order valence-electron chi connectivity index (χ2n) is 10.7. The molecule has 0 aliphatic heterocycles. The van der Waals surface area contributed by atoms with E-state index in [2.05, 4.69) is 13.8 Å². The molecule has 8 atom stereocenters. The molecule has 0 bridgehead atoms. The third kappa shape index (κ3) is 2.86. The molecular formula is C23H32KO4. The van der Waals surface area contributed by atoms with Gasteiger partial charge >= 0.3 is 5.97 Å². The summed E-state index contributed by atoms with van der Waals surface area (Å²) in [6.07, 6.45) is 9.22. The minimum atomic E-state index is -0.828. The maximum absolute atomic E-state index is 12.1. The van der Waals surface area contributed by atoms with Crippen molar-refractivity contribution < 1.29 is 19.8 Å². The van der Waals surface area contributed by atoms with E-state index in [4.69, 9.17) is 5.11 Å². The number of aliphatic carboxylic acids is 1. The van der Waals surface area contributed by atoms with Gasteiger partial charge < -0.3 is 10.2 Å². The van der Waals surface area contributed by atoms with Crippen molar-refractivity contribution in [3.05, 3.63) is 11.6 Å². The fourth-order valence-corrected chi connectivity index (χ4v) is 8.24. The normalized spacial score (nSPS) is 51.0. The number of rotatable bonds is 3. The van der Waals surface area contributed by atoms with Gasteiger partial charge in [-0.2, -0.15) is 0 Å². The number of ketones is 1. The summed E-state index contributed by atoms with van der Waals surface area (Å²) in [6.45, 7) is 4.66.